The molecule has 0 saturated heterocycles. The van der Waals surface area contributed by atoms with Gasteiger partial charge in [0.05, 0.1) is 6.04 Å². The maximum Gasteiger partial charge on any atom is 0.0595 e. The summed E-state index contributed by atoms with van der Waals surface area (Å²) in [5.74, 6) is 0. The Morgan fingerprint density at radius 2 is 2.07 bits per heavy atom. The summed E-state index contributed by atoms with van der Waals surface area (Å²) in [5.41, 5.74) is 1.18. The molecule has 0 fully saturated rings. The lowest BCUT2D eigenvalue weighted by atomic mass is 10.1. The van der Waals surface area contributed by atoms with Crippen molar-refractivity contribution in [1.29, 1.82) is 0 Å². The fourth-order valence-corrected chi connectivity index (χ4v) is 1.66. The largest absolute Gasteiger partial charge is 0.377 e. The van der Waals surface area contributed by atoms with E-state index in [1.54, 1.807) is 0 Å². The minimum Gasteiger partial charge on any atom is -0.377 e. The molecular weight excluding hydrogens is 172 g/mol. The van der Waals surface area contributed by atoms with Crippen LogP contribution < -0.4 is 10.6 Å². The molecule has 2 N–H and O–H groups in total. The van der Waals surface area contributed by atoms with Crippen molar-refractivity contribution >= 4 is 5.69 Å². The number of benzene rings is 1. The highest BCUT2D eigenvalue weighted by Gasteiger charge is 2.15. The highest BCUT2D eigenvalue weighted by atomic mass is 15.0. The predicted octanol–water partition coefficient (Wildman–Crippen LogP) is 2.02. The number of para-hydroxylation sites is 1. The molecule has 0 aromatic heterocycles. The van der Waals surface area contributed by atoms with E-state index in [0.29, 0.717) is 12.1 Å². The van der Waals surface area contributed by atoms with Crippen LogP contribution in [0.25, 0.3) is 0 Å². The zero-order valence-electron chi connectivity index (χ0n) is 8.40. The topological polar surface area (TPSA) is 24.1 Å². The molecule has 0 aliphatic carbocycles. The van der Waals surface area contributed by atoms with Crippen molar-refractivity contribution in [3.8, 4) is 0 Å². The van der Waals surface area contributed by atoms with Gasteiger partial charge < -0.3 is 10.6 Å². The smallest absolute Gasteiger partial charge is 0.0595 e. The summed E-state index contributed by atoms with van der Waals surface area (Å²) in [5, 5.41) is 6.88. The van der Waals surface area contributed by atoms with Gasteiger partial charge >= 0.3 is 0 Å². The molecule has 1 aromatic carbocycles. The lowest BCUT2D eigenvalue weighted by Crippen LogP contribution is -2.43. The van der Waals surface area contributed by atoms with Gasteiger partial charge in [-0.1, -0.05) is 30.4 Å². The quantitative estimate of drug-likeness (QED) is 0.694. The Morgan fingerprint density at radius 1 is 1.29 bits per heavy atom. The van der Waals surface area contributed by atoms with Gasteiger partial charge in [0.2, 0.25) is 0 Å². The second kappa shape index (κ2) is 4.29. The molecule has 0 spiro atoms. The Bertz CT molecular complexity index is 305. The lowest BCUT2D eigenvalue weighted by molar-refractivity contribution is 0.532. The molecule has 74 valence electrons. The summed E-state index contributed by atoms with van der Waals surface area (Å²) >= 11 is 0. The van der Waals surface area contributed by atoms with E-state index in [-0.39, 0.29) is 0 Å². The van der Waals surface area contributed by atoms with E-state index in [0.717, 1.165) is 6.54 Å². The average molecular weight is 188 g/mol. The molecule has 14 heavy (non-hydrogen) atoms. The third kappa shape index (κ3) is 2.15. The normalized spacial score (nSPS) is 26.1. The first kappa shape index (κ1) is 9.28. The summed E-state index contributed by atoms with van der Waals surface area (Å²) in [4.78, 5) is 0. The standard InChI is InChI=1S/C12H16N2/c1-10-12(8-5-9-13-10)14-11-6-3-2-4-7-11/h2-8,10,12-14H,9H2,1H3/t10-,12+/m1/s1. The van der Waals surface area contributed by atoms with Crippen molar-refractivity contribution in [1.82, 2.24) is 5.32 Å². The Labute approximate surface area is 85.0 Å². The minimum absolute atomic E-state index is 0.395. The molecule has 2 atom stereocenters. The van der Waals surface area contributed by atoms with Crippen LogP contribution in [0.15, 0.2) is 42.5 Å². The first-order chi connectivity index (χ1) is 6.86. The van der Waals surface area contributed by atoms with E-state index in [9.17, 15) is 0 Å². The van der Waals surface area contributed by atoms with Gasteiger partial charge in [0, 0.05) is 18.3 Å². The lowest BCUT2D eigenvalue weighted by Gasteiger charge is -2.27. The van der Waals surface area contributed by atoms with Gasteiger partial charge in [-0.3, -0.25) is 0 Å². The zero-order valence-corrected chi connectivity index (χ0v) is 8.40. The third-order valence-electron chi connectivity index (χ3n) is 2.55. The van der Waals surface area contributed by atoms with E-state index in [4.69, 9.17) is 0 Å². The first-order valence-corrected chi connectivity index (χ1v) is 5.08. The monoisotopic (exact) mass is 188 g/mol. The summed E-state index contributed by atoms with van der Waals surface area (Å²) in [7, 11) is 0. The van der Waals surface area contributed by atoms with Crippen molar-refractivity contribution in [3.05, 3.63) is 42.5 Å². The van der Waals surface area contributed by atoms with Crippen LogP contribution in [0.3, 0.4) is 0 Å². The van der Waals surface area contributed by atoms with Gasteiger partial charge in [0.25, 0.3) is 0 Å². The van der Waals surface area contributed by atoms with E-state index < -0.39 is 0 Å². The Hall–Kier alpha value is -1.28. The first-order valence-electron chi connectivity index (χ1n) is 5.08. The number of anilines is 1. The van der Waals surface area contributed by atoms with Gasteiger partial charge in [-0.25, -0.2) is 0 Å². The van der Waals surface area contributed by atoms with Crippen molar-refractivity contribution in [2.75, 3.05) is 11.9 Å². The maximum atomic E-state index is 3.48. The number of hydrogen-bond donors (Lipinski definition) is 2. The summed E-state index contributed by atoms with van der Waals surface area (Å²) in [6, 6.07) is 11.2. The van der Waals surface area contributed by atoms with E-state index in [2.05, 4.69) is 41.8 Å². The Kier molecular flexibility index (Phi) is 2.84. The average Bonchev–Trinajstić information content (AvgIpc) is 2.23. The molecule has 0 amide bonds. The highest BCUT2D eigenvalue weighted by Crippen LogP contribution is 2.11. The molecule has 1 aliphatic heterocycles. The molecular formula is C12H16N2. The van der Waals surface area contributed by atoms with Crippen LogP contribution >= 0.6 is 0 Å². The van der Waals surface area contributed by atoms with Gasteiger partial charge in [-0.2, -0.15) is 0 Å². The van der Waals surface area contributed by atoms with Crippen LogP contribution in [-0.4, -0.2) is 18.6 Å². The SMILES string of the molecule is C[C@H]1NCC=C[C@@H]1Nc1ccccc1. The van der Waals surface area contributed by atoms with Crippen molar-refractivity contribution in [2.45, 2.75) is 19.0 Å². The summed E-state index contributed by atoms with van der Waals surface area (Å²) in [6.45, 7) is 3.18. The molecule has 2 heteroatoms. The minimum atomic E-state index is 0.395. The number of hydrogen-bond acceptors (Lipinski definition) is 2. The predicted molar refractivity (Wildman–Crippen MR) is 60.5 cm³/mol. The molecule has 1 heterocycles. The van der Waals surface area contributed by atoms with Crippen LogP contribution in [0.1, 0.15) is 6.92 Å². The van der Waals surface area contributed by atoms with Gasteiger partial charge in [-0.15, -0.1) is 0 Å². The zero-order chi connectivity index (χ0) is 9.80. The van der Waals surface area contributed by atoms with Gasteiger partial charge in [0.15, 0.2) is 0 Å². The van der Waals surface area contributed by atoms with E-state index >= 15 is 0 Å². The van der Waals surface area contributed by atoms with Gasteiger partial charge in [-0.05, 0) is 19.1 Å². The van der Waals surface area contributed by atoms with E-state index in [1.165, 1.54) is 5.69 Å². The molecule has 2 nitrogen and oxygen atoms in total. The second-order valence-electron chi connectivity index (χ2n) is 3.66. The molecule has 0 saturated carbocycles. The van der Waals surface area contributed by atoms with E-state index in [1.807, 2.05) is 18.2 Å². The molecule has 2 rings (SSSR count). The van der Waals surface area contributed by atoms with Crippen molar-refractivity contribution < 1.29 is 0 Å². The molecule has 0 bridgehead atoms. The Balaban J connectivity index is 2.03. The van der Waals surface area contributed by atoms with Crippen LogP contribution in [0.4, 0.5) is 5.69 Å². The van der Waals surface area contributed by atoms with Crippen molar-refractivity contribution in [3.63, 3.8) is 0 Å². The van der Waals surface area contributed by atoms with Crippen LogP contribution in [-0.2, 0) is 0 Å². The summed E-state index contributed by atoms with van der Waals surface area (Å²) in [6.07, 6.45) is 4.40. The highest BCUT2D eigenvalue weighted by molar-refractivity contribution is 5.45. The third-order valence-corrected chi connectivity index (χ3v) is 2.55. The van der Waals surface area contributed by atoms with Crippen molar-refractivity contribution in [2.24, 2.45) is 0 Å². The molecule has 0 unspecified atom stereocenters. The number of rotatable bonds is 2. The van der Waals surface area contributed by atoms with Crippen LogP contribution in [0, 0.1) is 0 Å². The van der Waals surface area contributed by atoms with Gasteiger partial charge in [0.1, 0.15) is 0 Å². The maximum absolute atomic E-state index is 3.48. The molecule has 0 radical (unpaired) electrons. The fraction of sp³-hybridized carbons (Fsp3) is 0.333. The molecule has 1 aromatic rings. The Morgan fingerprint density at radius 3 is 2.79 bits per heavy atom. The number of nitrogens with one attached hydrogen (secondary N) is 2. The second-order valence-corrected chi connectivity index (χ2v) is 3.66. The van der Waals surface area contributed by atoms with Crippen LogP contribution in [0.2, 0.25) is 0 Å². The fourth-order valence-electron chi connectivity index (χ4n) is 1.66. The summed E-state index contributed by atoms with van der Waals surface area (Å²) < 4.78 is 0. The molecule has 1 aliphatic rings. The van der Waals surface area contributed by atoms with Crippen LogP contribution in [0.5, 0.6) is 0 Å².